The van der Waals surface area contributed by atoms with Gasteiger partial charge >= 0.3 is 12.1 Å². The first-order chi connectivity index (χ1) is 30.6. The van der Waals surface area contributed by atoms with Crippen molar-refractivity contribution in [2.75, 3.05) is 39.1 Å². The summed E-state index contributed by atoms with van der Waals surface area (Å²) in [5, 5.41) is 8.29. The zero-order chi connectivity index (χ0) is 51.3. The van der Waals surface area contributed by atoms with Crippen LogP contribution in [-0.2, 0) is 43.0 Å². The van der Waals surface area contributed by atoms with E-state index in [0.717, 1.165) is 28.3 Å². The van der Waals surface area contributed by atoms with Crippen molar-refractivity contribution < 1.29 is 47.8 Å². The number of esters is 1. The Morgan fingerprint density at radius 1 is 0.806 bits per heavy atom. The van der Waals surface area contributed by atoms with E-state index in [-0.39, 0.29) is 36.5 Å². The first-order valence-corrected chi connectivity index (χ1v) is 23.0. The van der Waals surface area contributed by atoms with E-state index in [0.29, 0.717) is 0 Å². The molecule has 17 nitrogen and oxygen atoms in total. The maximum Gasteiger partial charge on any atom is 0.410 e. The quantitative estimate of drug-likeness (QED) is 0.107. The van der Waals surface area contributed by atoms with Crippen molar-refractivity contribution >= 4 is 53.2 Å². The van der Waals surface area contributed by atoms with Gasteiger partial charge in [-0.15, -0.1) is 0 Å². The van der Waals surface area contributed by atoms with Crippen LogP contribution in [0.1, 0.15) is 122 Å². The summed E-state index contributed by atoms with van der Waals surface area (Å²) in [6, 6.07) is 3.62. The van der Waals surface area contributed by atoms with Gasteiger partial charge in [-0.2, -0.15) is 0 Å². The molecule has 3 rings (SSSR count). The van der Waals surface area contributed by atoms with Gasteiger partial charge in [0.25, 0.3) is 11.8 Å². The number of anilines is 1. The van der Waals surface area contributed by atoms with Crippen molar-refractivity contribution in [3.05, 3.63) is 53.6 Å². The highest BCUT2D eigenvalue weighted by atomic mass is 16.6. The highest BCUT2D eigenvalue weighted by molar-refractivity contribution is 6.13. The number of rotatable bonds is 17. The first-order valence-electron chi connectivity index (χ1n) is 23.0. The lowest BCUT2D eigenvalue weighted by atomic mass is 9.67. The molecule has 2 aliphatic rings. The van der Waals surface area contributed by atoms with Crippen molar-refractivity contribution in [3.8, 4) is 0 Å². The monoisotopic (exact) mass is 936 g/mol. The van der Waals surface area contributed by atoms with Crippen LogP contribution < -0.4 is 20.9 Å². The number of ether oxygens (including phenoxy) is 2. The minimum absolute atomic E-state index is 0.0571. The number of likely N-dealkylation sites (N-methyl/N-ethyl adjacent to an activating group) is 3. The van der Waals surface area contributed by atoms with Gasteiger partial charge < -0.3 is 35.2 Å². The molecule has 0 radical (unpaired) electrons. The van der Waals surface area contributed by atoms with E-state index in [4.69, 9.17) is 9.47 Å². The molecular formula is C50H77N7O10. The van der Waals surface area contributed by atoms with Gasteiger partial charge in [0.2, 0.25) is 23.6 Å². The Morgan fingerprint density at radius 3 is 1.88 bits per heavy atom. The summed E-state index contributed by atoms with van der Waals surface area (Å²) in [7, 11) is 5.14. The zero-order valence-electron chi connectivity index (χ0n) is 43.1. The number of para-hydroxylation sites is 1. The van der Waals surface area contributed by atoms with E-state index in [2.05, 4.69) is 27.8 Å². The number of benzene rings is 1. The smallest absolute Gasteiger partial charge is 0.410 e. The number of nitrogens with one attached hydrogen (secondary N) is 3. The van der Waals surface area contributed by atoms with E-state index in [1.54, 1.807) is 61.7 Å². The number of carbonyl (C=O) groups excluding carboxylic acids is 8. The van der Waals surface area contributed by atoms with Crippen LogP contribution in [0.3, 0.4) is 0 Å². The predicted molar refractivity (Wildman–Crippen MR) is 256 cm³/mol. The zero-order valence-corrected chi connectivity index (χ0v) is 43.1. The molecule has 0 bridgehead atoms. The van der Waals surface area contributed by atoms with Crippen LogP contribution in [0, 0.1) is 16.7 Å². The van der Waals surface area contributed by atoms with Gasteiger partial charge in [0, 0.05) is 75.0 Å². The number of carbonyl (C=O) groups is 8. The number of nitrogens with zero attached hydrogens (tertiary/aromatic N) is 4. The first kappa shape index (κ1) is 55.6. The van der Waals surface area contributed by atoms with Crippen LogP contribution in [0.2, 0.25) is 0 Å². The van der Waals surface area contributed by atoms with Crippen molar-refractivity contribution in [3.63, 3.8) is 0 Å². The maximum absolute atomic E-state index is 15.1. The predicted octanol–water partition coefficient (Wildman–Crippen LogP) is 5.09. The van der Waals surface area contributed by atoms with Crippen molar-refractivity contribution in [1.82, 2.24) is 30.7 Å². The maximum atomic E-state index is 15.1. The molecule has 1 aromatic carbocycles. The van der Waals surface area contributed by atoms with Gasteiger partial charge in [0.15, 0.2) is 0 Å². The van der Waals surface area contributed by atoms with Gasteiger partial charge in [-0.05, 0) is 78.4 Å². The average molecular weight is 936 g/mol. The molecule has 3 N–H and O–H groups in total. The third kappa shape index (κ3) is 14.1. The standard InChI is InChI=1S/C50H77N7O10/c1-29(2)35(27-30(3)42(61)52-33(28-38(60)66-48(8,9)10)43(62)51-25-26-57-36(58)23-24-37(57)59)55(17)45(64)40(47(5,6)7)53-44(63)41(56(18)46(65)67-49(11,12)13)50(14,15)39-31(4)54(16)34-22-20-19-21-32(34)39/h19-24,27,29,31,33,35,39-41H,25-26,28H2,1-18H3,(H,51,62)(H,52,61)(H,53,63)/b30-27+/t31?,33-,35+,39?,40+,41+/m0/s1. The fourth-order valence-corrected chi connectivity index (χ4v) is 8.82. The Bertz CT molecular complexity index is 2090. The largest absolute Gasteiger partial charge is 0.460 e. The number of amides is 7. The van der Waals surface area contributed by atoms with Gasteiger partial charge in [-0.1, -0.05) is 72.7 Å². The molecule has 0 saturated heterocycles. The molecule has 7 amide bonds. The van der Waals surface area contributed by atoms with E-state index in [9.17, 15) is 33.6 Å². The molecule has 0 spiro atoms. The summed E-state index contributed by atoms with van der Waals surface area (Å²) >= 11 is 0. The van der Waals surface area contributed by atoms with Crippen LogP contribution in [0.4, 0.5) is 10.5 Å². The average Bonchev–Trinajstić information content (AvgIpc) is 3.65. The highest BCUT2D eigenvalue weighted by Gasteiger charge is 2.53. The molecule has 0 aromatic heterocycles. The summed E-state index contributed by atoms with van der Waals surface area (Å²) in [5.74, 6) is -4.71. The Balaban J connectivity index is 1.96. The van der Waals surface area contributed by atoms with Gasteiger partial charge in [0.05, 0.1) is 12.5 Å². The molecule has 0 aliphatic carbocycles. The van der Waals surface area contributed by atoms with Gasteiger partial charge in [-0.3, -0.25) is 43.4 Å². The van der Waals surface area contributed by atoms with E-state index in [1.165, 1.54) is 16.7 Å². The lowest BCUT2D eigenvalue weighted by Gasteiger charge is -2.46. The summed E-state index contributed by atoms with van der Waals surface area (Å²) in [6.45, 7) is 26.8. The van der Waals surface area contributed by atoms with Crippen molar-refractivity contribution in [2.24, 2.45) is 16.7 Å². The Hall–Kier alpha value is -5.74. The van der Waals surface area contributed by atoms with Crippen molar-refractivity contribution in [2.45, 2.75) is 158 Å². The fourth-order valence-electron chi connectivity index (χ4n) is 8.82. The van der Waals surface area contributed by atoms with Crippen molar-refractivity contribution in [1.29, 1.82) is 0 Å². The van der Waals surface area contributed by atoms with E-state index >= 15 is 4.79 Å². The van der Waals surface area contributed by atoms with Gasteiger partial charge in [-0.25, -0.2) is 4.79 Å². The second-order valence-electron chi connectivity index (χ2n) is 21.8. The van der Waals surface area contributed by atoms with E-state index < -0.39 is 100 Å². The molecule has 0 saturated carbocycles. The molecule has 372 valence electrons. The van der Waals surface area contributed by atoms with Crippen LogP contribution in [0.25, 0.3) is 0 Å². The number of fused-ring (bicyclic) bond motifs is 1. The second kappa shape index (κ2) is 21.5. The van der Waals surface area contributed by atoms with E-state index in [1.807, 2.05) is 79.8 Å². The lowest BCUT2D eigenvalue weighted by molar-refractivity contribution is -0.156. The van der Waals surface area contributed by atoms with Gasteiger partial charge in [0.1, 0.15) is 29.3 Å². The third-order valence-corrected chi connectivity index (χ3v) is 12.2. The topological polar surface area (TPSA) is 204 Å². The molecule has 6 atom stereocenters. The summed E-state index contributed by atoms with van der Waals surface area (Å²) in [5.41, 5.74) is -1.30. The minimum atomic E-state index is -1.40. The second-order valence-corrected chi connectivity index (χ2v) is 21.8. The third-order valence-electron chi connectivity index (χ3n) is 12.2. The van der Waals surface area contributed by atoms with Crippen LogP contribution >= 0.6 is 0 Å². The SMILES string of the molecule is C/C(=C\[C@H](C(C)C)N(C)C(=O)[C@@H](NC(=O)[C@@H](N(C)C(=O)OC(C)(C)C)C(C)(C)C1c2ccccc2N(C)C1C)C(C)(C)C)C(=O)N[C@@H](CC(=O)OC(C)(C)C)C(=O)NCCN1C(=O)C=CC1=O. The van der Waals surface area contributed by atoms with Crippen LogP contribution in [0.15, 0.2) is 48.1 Å². The summed E-state index contributed by atoms with van der Waals surface area (Å²) in [6.07, 6.45) is 2.63. The number of hydrogen-bond donors (Lipinski definition) is 3. The minimum Gasteiger partial charge on any atom is -0.460 e. The lowest BCUT2D eigenvalue weighted by Crippen LogP contribution is -2.63. The molecule has 2 aliphatic heterocycles. The molecule has 2 heterocycles. The highest BCUT2D eigenvalue weighted by Crippen LogP contribution is 2.51. The molecular weight excluding hydrogens is 859 g/mol. The fraction of sp³-hybridized carbons (Fsp3) is 0.640. The molecule has 1 aromatic rings. The number of hydrogen-bond acceptors (Lipinski definition) is 11. The Morgan fingerprint density at radius 2 is 1.36 bits per heavy atom. The molecule has 0 fully saturated rings. The summed E-state index contributed by atoms with van der Waals surface area (Å²) in [4.78, 5) is 114. The molecule has 17 heteroatoms. The normalized spacial score (nSPS) is 18.5. The molecule has 67 heavy (non-hydrogen) atoms. The Kier molecular flexibility index (Phi) is 17.8. The Labute approximate surface area is 397 Å². The number of imide groups is 1. The molecule has 2 unspecified atom stereocenters. The summed E-state index contributed by atoms with van der Waals surface area (Å²) < 4.78 is 11.2. The van der Waals surface area contributed by atoms with Crippen LogP contribution in [0.5, 0.6) is 0 Å². The van der Waals surface area contributed by atoms with Crippen LogP contribution in [-0.4, -0.2) is 138 Å².